The van der Waals surface area contributed by atoms with Gasteiger partial charge in [-0.2, -0.15) is 0 Å². The van der Waals surface area contributed by atoms with Gasteiger partial charge in [0.1, 0.15) is 5.82 Å². The summed E-state index contributed by atoms with van der Waals surface area (Å²) in [6, 6.07) is 10.4. The Morgan fingerprint density at radius 3 is 2.57 bits per heavy atom. The van der Waals surface area contributed by atoms with Crippen molar-refractivity contribution in [3.63, 3.8) is 0 Å². The van der Waals surface area contributed by atoms with Crippen molar-refractivity contribution in [1.29, 1.82) is 0 Å². The van der Waals surface area contributed by atoms with E-state index in [9.17, 15) is 23.5 Å². The van der Waals surface area contributed by atoms with Crippen LogP contribution in [0.15, 0.2) is 53.4 Å². The Labute approximate surface area is 122 Å². The molecule has 108 valence electrons. The van der Waals surface area contributed by atoms with Crippen molar-refractivity contribution in [2.75, 3.05) is 5.75 Å². The summed E-state index contributed by atoms with van der Waals surface area (Å²) in [6.45, 7) is 0. The number of nitro benzene ring substituents is 1. The van der Waals surface area contributed by atoms with E-state index in [4.69, 9.17) is 0 Å². The van der Waals surface area contributed by atoms with Crippen molar-refractivity contribution >= 4 is 22.3 Å². The van der Waals surface area contributed by atoms with Gasteiger partial charge in [0.05, 0.1) is 21.5 Å². The highest BCUT2D eigenvalue weighted by Gasteiger charge is 2.15. The normalized spacial score (nSPS) is 11.9. The van der Waals surface area contributed by atoms with Crippen LogP contribution in [0.4, 0.5) is 10.1 Å². The summed E-state index contributed by atoms with van der Waals surface area (Å²) in [7, 11) is -1.70. The van der Waals surface area contributed by atoms with Gasteiger partial charge in [-0.15, -0.1) is 0 Å². The zero-order valence-corrected chi connectivity index (χ0v) is 11.5. The third kappa shape index (κ3) is 3.79. The molecule has 1 unspecified atom stereocenters. The van der Waals surface area contributed by atoms with Crippen LogP contribution in [0.25, 0.3) is 0 Å². The lowest BCUT2D eigenvalue weighted by molar-refractivity contribution is -0.384. The van der Waals surface area contributed by atoms with Gasteiger partial charge in [0.25, 0.3) is 5.69 Å². The second-order valence-electron chi connectivity index (χ2n) is 4.18. The van der Waals surface area contributed by atoms with E-state index in [1.54, 1.807) is 0 Å². The second kappa shape index (κ2) is 6.36. The minimum absolute atomic E-state index is 0.106. The van der Waals surface area contributed by atoms with Crippen LogP contribution in [-0.4, -0.2) is 20.7 Å². The highest BCUT2D eigenvalue weighted by Crippen LogP contribution is 2.15. The van der Waals surface area contributed by atoms with E-state index in [1.807, 2.05) is 0 Å². The van der Waals surface area contributed by atoms with Crippen LogP contribution in [0.3, 0.4) is 0 Å². The van der Waals surface area contributed by atoms with Gasteiger partial charge in [-0.05, 0) is 18.2 Å². The highest BCUT2D eigenvalue weighted by atomic mass is 32.2. The van der Waals surface area contributed by atoms with E-state index in [2.05, 4.69) is 0 Å². The van der Waals surface area contributed by atoms with Crippen molar-refractivity contribution in [3.05, 3.63) is 70.0 Å². The van der Waals surface area contributed by atoms with Crippen LogP contribution in [0.2, 0.25) is 0 Å². The lowest BCUT2D eigenvalue weighted by Gasteiger charge is -2.03. The van der Waals surface area contributed by atoms with Gasteiger partial charge >= 0.3 is 0 Å². The van der Waals surface area contributed by atoms with Crippen LogP contribution in [0, 0.1) is 15.9 Å². The molecule has 0 fully saturated rings. The maximum absolute atomic E-state index is 13.0. The van der Waals surface area contributed by atoms with Crippen LogP contribution in [0.5, 0.6) is 0 Å². The number of nitrogens with zero attached hydrogens (tertiary/aromatic N) is 1. The average molecular weight is 307 g/mol. The number of rotatable bonds is 5. The number of Topliss-reactive ketones (excluding diaryl/α,β-unsaturated/α-hetero) is 1. The molecule has 0 aromatic heterocycles. The molecule has 0 heterocycles. The topological polar surface area (TPSA) is 77.3 Å². The molecule has 2 aromatic rings. The molecular weight excluding hydrogens is 297 g/mol. The van der Waals surface area contributed by atoms with Crippen molar-refractivity contribution < 1.29 is 18.3 Å². The minimum atomic E-state index is -1.70. The Bertz CT molecular complexity index is 732. The third-order valence-corrected chi connectivity index (χ3v) is 4.00. The van der Waals surface area contributed by atoms with Gasteiger partial charge in [0.15, 0.2) is 5.78 Å². The molecule has 2 aromatic carbocycles. The molecule has 5 nitrogen and oxygen atoms in total. The van der Waals surface area contributed by atoms with Crippen LogP contribution < -0.4 is 0 Å². The highest BCUT2D eigenvalue weighted by molar-refractivity contribution is 7.85. The van der Waals surface area contributed by atoms with Crippen LogP contribution in [0.1, 0.15) is 10.4 Å². The molecule has 1 atom stereocenters. The fourth-order valence-corrected chi connectivity index (χ4v) is 2.73. The number of non-ortho nitro benzene ring substituents is 1. The summed E-state index contributed by atoms with van der Waals surface area (Å²) in [5, 5.41) is 10.6. The second-order valence-corrected chi connectivity index (χ2v) is 5.63. The predicted molar refractivity (Wildman–Crippen MR) is 75.1 cm³/mol. The molecule has 0 radical (unpaired) electrons. The van der Waals surface area contributed by atoms with Crippen LogP contribution >= 0.6 is 0 Å². The van der Waals surface area contributed by atoms with Crippen molar-refractivity contribution in [2.45, 2.75) is 4.90 Å². The lowest BCUT2D eigenvalue weighted by atomic mass is 10.1. The third-order valence-electron chi connectivity index (χ3n) is 2.70. The summed E-state index contributed by atoms with van der Waals surface area (Å²) < 4.78 is 25.0. The minimum Gasteiger partial charge on any atom is -0.293 e. The van der Waals surface area contributed by atoms with E-state index >= 15 is 0 Å². The maximum atomic E-state index is 13.0. The van der Waals surface area contributed by atoms with Gasteiger partial charge in [-0.1, -0.05) is 18.2 Å². The number of carbonyl (C=O) groups is 1. The molecule has 0 bridgehead atoms. The summed E-state index contributed by atoms with van der Waals surface area (Å²) in [6.07, 6.45) is 0. The first-order chi connectivity index (χ1) is 9.97. The van der Waals surface area contributed by atoms with E-state index in [-0.39, 0.29) is 21.9 Å². The molecule has 0 saturated carbocycles. The Morgan fingerprint density at radius 2 is 1.90 bits per heavy atom. The molecule has 0 aliphatic rings. The molecule has 7 heteroatoms. The van der Waals surface area contributed by atoms with E-state index in [0.717, 1.165) is 12.1 Å². The van der Waals surface area contributed by atoms with Gasteiger partial charge in [0, 0.05) is 22.6 Å². The van der Waals surface area contributed by atoms with Crippen molar-refractivity contribution in [2.24, 2.45) is 0 Å². The number of hydrogen-bond acceptors (Lipinski definition) is 4. The summed E-state index contributed by atoms with van der Waals surface area (Å²) in [5.74, 6) is -1.39. The first-order valence-corrected chi connectivity index (χ1v) is 7.21. The van der Waals surface area contributed by atoms with E-state index in [1.165, 1.54) is 36.4 Å². The van der Waals surface area contributed by atoms with Gasteiger partial charge in [-0.25, -0.2) is 4.39 Å². The number of halogens is 1. The maximum Gasteiger partial charge on any atom is 0.270 e. The Hall–Kier alpha value is -2.41. The van der Waals surface area contributed by atoms with Gasteiger partial charge < -0.3 is 0 Å². The van der Waals surface area contributed by atoms with Gasteiger partial charge in [0.2, 0.25) is 0 Å². The fraction of sp³-hybridized carbons (Fsp3) is 0.0714. The molecule has 0 N–H and O–H groups in total. The molecular formula is C14H10FNO4S. The molecule has 0 amide bonds. The zero-order valence-electron chi connectivity index (χ0n) is 10.7. The molecule has 21 heavy (non-hydrogen) atoms. The molecule has 0 aliphatic carbocycles. The number of nitro groups is 1. The van der Waals surface area contributed by atoms with Crippen molar-refractivity contribution in [3.8, 4) is 0 Å². The standard InChI is InChI=1S/C14H10FNO4S/c15-11-4-2-6-13(8-11)21(20)9-14(17)10-3-1-5-12(7-10)16(18)19/h1-8H,9H2. The number of hydrogen-bond donors (Lipinski definition) is 0. The fourth-order valence-electron chi connectivity index (χ4n) is 1.69. The smallest absolute Gasteiger partial charge is 0.270 e. The molecule has 2 rings (SSSR count). The first kappa shape index (κ1) is 15.0. The predicted octanol–water partition coefficient (Wildman–Crippen LogP) is 2.72. The Morgan fingerprint density at radius 1 is 1.19 bits per heavy atom. The van der Waals surface area contributed by atoms with Gasteiger partial charge in [-0.3, -0.25) is 19.1 Å². The monoisotopic (exact) mass is 307 g/mol. The van der Waals surface area contributed by atoms with E-state index in [0.29, 0.717) is 0 Å². The summed E-state index contributed by atoms with van der Waals surface area (Å²) >= 11 is 0. The Balaban J connectivity index is 2.16. The number of benzene rings is 2. The SMILES string of the molecule is O=C(CS(=O)c1cccc(F)c1)c1cccc([N+](=O)[O-])c1. The largest absolute Gasteiger partial charge is 0.293 e. The number of carbonyl (C=O) groups excluding carboxylic acids is 1. The summed E-state index contributed by atoms with van der Waals surface area (Å²) in [4.78, 5) is 22.2. The molecule has 0 spiro atoms. The average Bonchev–Trinajstić information content (AvgIpc) is 2.47. The lowest BCUT2D eigenvalue weighted by Crippen LogP contribution is -2.11. The quantitative estimate of drug-likeness (QED) is 0.483. The van der Waals surface area contributed by atoms with Crippen LogP contribution in [-0.2, 0) is 10.8 Å². The number of ketones is 1. The van der Waals surface area contributed by atoms with Crippen molar-refractivity contribution in [1.82, 2.24) is 0 Å². The van der Waals surface area contributed by atoms with E-state index < -0.39 is 27.3 Å². The Kier molecular flexibility index (Phi) is 4.54. The first-order valence-electron chi connectivity index (χ1n) is 5.89. The molecule has 0 saturated heterocycles. The zero-order chi connectivity index (χ0) is 15.4. The summed E-state index contributed by atoms with van der Waals surface area (Å²) in [5.41, 5.74) is -0.105. The molecule has 0 aliphatic heterocycles.